The van der Waals surface area contributed by atoms with Crippen LogP contribution in [0.25, 0.3) is 10.8 Å². The summed E-state index contributed by atoms with van der Waals surface area (Å²) in [6.45, 7) is 1.44. The number of nitrogens with two attached hydrogens (primary N) is 1. The van der Waals surface area contributed by atoms with Gasteiger partial charge in [-0.3, -0.25) is 0 Å². The van der Waals surface area contributed by atoms with E-state index < -0.39 is 0 Å². The lowest BCUT2D eigenvalue weighted by Gasteiger charge is -2.10. The first-order valence-corrected chi connectivity index (χ1v) is 6.62. The summed E-state index contributed by atoms with van der Waals surface area (Å²) < 4.78 is 6.78. The molecule has 0 heterocycles. The highest BCUT2D eigenvalue weighted by Gasteiger charge is 2.05. The van der Waals surface area contributed by atoms with Crippen LogP contribution in [0, 0.1) is 0 Å². The molecule has 3 heteroatoms. The molecule has 2 nitrogen and oxygen atoms in total. The molecule has 0 atom stereocenters. The Kier molecular flexibility index (Phi) is 4.40. The van der Waals surface area contributed by atoms with E-state index in [1.165, 1.54) is 10.8 Å². The minimum Gasteiger partial charge on any atom is -0.492 e. The van der Waals surface area contributed by atoms with Gasteiger partial charge in [0.2, 0.25) is 0 Å². The molecular weight excluding hydrogens is 278 g/mol. The first kappa shape index (κ1) is 12.4. The lowest BCUT2D eigenvalue weighted by atomic mass is 10.1. The summed E-state index contributed by atoms with van der Waals surface area (Å²) in [5.74, 6) is 0.903. The maximum atomic E-state index is 5.74. The van der Waals surface area contributed by atoms with Crippen LogP contribution in [0.2, 0.25) is 0 Å². The number of ether oxygens (including phenoxy) is 1. The third-order valence-corrected chi connectivity index (χ3v) is 3.50. The van der Waals surface area contributed by atoms with Gasteiger partial charge in [0.25, 0.3) is 0 Å². The van der Waals surface area contributed by atoms with E-state index in [0.29, 0.717) is 6.61 Å². The largest absolute Gasteiger partial charge is 0.492 e. The highest BCUT2D eigenvalue weighted by Crippen LogP contribution is 2.33. The van der Waals surface area contributed by atoms with Crippen LogP contribution in [-0.2, 0) is 0 Å². The number of hydrogen-bond donors (Lipinski definition) is 1. The predicted octanol–water partition coefficient (Wildman–Crippen LogP) is 3.72. The van der Waals surface area contributed by atoms with E-state index >= 15 is 0 Å². The van der Waals surface area contributed by atoms with Crippen molar-refractivity contribution in [3.05, 3.63) is 40.9 Å². The lowest BCUT2D eigenvalue weighted by molar-refractivity contribution is 0.306. The van der Waals surface area contributed by atoms with Crippen LogP contribution in [-0.4, -0.2) is 13.2 Å². The minimum atomic E-state index is 0.716. The standard InChI is InChI=1S/C14H16BrNO/c15-14-12-6-2-1-5-11(12)7-8-13(14)17-10-4-3-9-16/h1-2,5-8H,3-4,9-10,16H2. The van der Waals surface area contributed by atoms with Gasteiger partial charge in [-0.2, -0.15) is 0 Å². The smallest absolute Gasteiger partial charge is 0.134 e. The lowest BCUT2D eigenvalue weighted by Crippen LogP contribution is -2.03. The molecule has 2 rings (SSSR count). The zero-order chi connectivity index (χ0) is 12.1. The number of halogens is 1. The summed E-state index contributed by atoms with van der Waals surface area (Å²) in [7, 11) is 0. The fraction of sp³-hybridized carbons (Fsp3) is 0.286. The molecule has 0 aromatic heterocycles. The molecule has 0 aliphatic carbocycles. The average molecular weight is 294 g/mol. The van der Waals surface area contributed by atoms with Crippen molar-refractivity contribution in [3.8, 4) is 5.75 Å². The third-order valence-electron chi connectivity index (χ3n) is 2.68. The SMILES string of the molecule is NCCCCOc1ccc2ccccc2c1Br. The summed E-state index contributed by atoms with van der Waals surface area (Å²) in [4.78, 5) is 0. The maximum Gasteiger partial charge on any atom is 0.134 e. The fourth-order valence-corrected chi connectivity index (χ4v) is 2.36. The first-order valence-electron chi connectivity index (χ1n) is 5.83. The Morgan fingerprint density at radius 3 is 2.71 bits per heavy atom. The van der Waals surface area contributed by atoms with Gasteiger partial charge >= 0.3 is 0 Å². The summed E-state index contributed by atoms with van der Waals surface area (Å²) in [5.41, 5.74) is 5.45. The Bertz CT molecular complexity index is 499. The van der Waals surface area contributed by atoms with Crippen molar-refractivity contribution in [1.82, 2.24) is 0 Å². The molecule has 0 saturated carbocycles. The van der Waals surface area contributed by atoms with Crippen molar-refractivity contribution in [1.29, 1.82) is 0 Å². The van der Waals surface area contributed by atoms with Crippen LogP contribution < -0.4 is 10.5 Å². The number of unbranched alkanes of at least 4 members (excludes halogenated alkanes) is 1. The van der Waals surface area contributed by atoms with Crippen molar-refractivity contribution in [2.75, 3.05) is 13.2 Å². The van der Waals surface area contributed by atoms with Crippen LogP contribution in [0.1, 0.15) is 12.8 Å². The number of fused-ring (bicyclic) bond motifs is 1. The quantitative estimate of drug-likeness (QED) is 0.853. The summed E-state index contributed by atoms with van der Waals surface area (Å²) >= 11 is 3.60. The van der Waals surface area contributed by atoms with Gasteiger partial charge in [-0.25, -0.2) is 0 Å². The molecule has 0 unspecified atom stereocenters. The molecule has 2 aromatic rings. The topological polar surface area (TPSA) is 35.2 Å². The van der Waals surface area contributed by atoms with E-state index in [1.807, 2.05) is 18.2 Å². The Morgan fingerprint density at radius 2 is 1.88 bits per heavy atom. The van der Waals surface area contributed by atoms with Gasteiger partial charge < -0.3 is 10.5 Å². The van der Waals surface area contributed by atoms with Gasteiger partial charge in [0.15, 0.2) is 0 Å². The maximum absolute atomic E-state index is 5.74. The van der Waals surface area contributed by atoms with Crippen molar-refractivity contribution in [2.24, 2.45) is 5.73 Å². The van der Waals surface area contributed by atoms with Gasteiger partial charge in [-0.05, 0) is 52.2 Å². The Labute approximate surface area is 110 Å². The summed E-state index contributed by atoms with van der Waals surface area (Å²) in [6.07, 6.45) is 2.00. The van der Waals surface area contributed by atoms with Crippen molar-refractivity contribution < 1.29 is 4.74 Å². The normalized spacial score (nSPS) is 10.7. The molecule has 0 amide bonds. The molecule has 90 valence electrons. The van der Waals surface area contributed by atoms with E-state index in [4.69, 9.17) is 10.5 Å². The highest BCUT2D eigenvalue weighted by atomic mass is 79.9. The van der Waals surface area contributed by atoms with E-state index in [2.05, 4.69) is 34.1 Å². The molecule has 2 aromatic carbocycles. The van der Waals surface area contributed by atoms with Gasteiger partial charge in [0.05, 0.1) is 11.1 Å². The molecule has 0 radical (unpaired) electrons. The monoisotopic (exact) mass is 293 g/mol. The van der Waals surface area contributed by atoms with E-state index in [9.17, 15) is 0 Å². The van der Waals surface area contributed by atoms with Gasteiger partial charge in [-0.15, -0.1) is 0 Å². The van der Waals surface area contributed by atoms with Crippen LogP contribution in [0.5, 0.6) is 5.75 Å². The second-order valence-corrected chi connectivity index (χ2v) is 4.74. The van der Waals surface area contributed by atoms with Crippen LogP contribution >= 0.6 is 15.9 Å². The molecule has 0 bridgehead atoms. The number of rotatable bonds is 5. The molecule has 0 saturated heterocycles. The third kappa shape index (κ3) is 2.99. The molecule has 0 fully saturated rings. The van der Waals surface area contributed by atoms with Crippen molar-refractivity contribution >= 4 is 26.7 Å². The Balaban J connectivity index is 2.15. The molecule has 0 aliphatic heterocycles. The number of benzene rings is 2. The van der Waals surface area contributed by atoms with E-state index in [1.54, 1.807) is 0 Å². The second-order valence-electron chi connectivity index (χ2n) is 3.94. The van der Waals surface area contributed by atoms with Crippen LogP contribution in [0.3, 0.4) is 0 Å². The Morgan fingerprint density at radius 1 is 1.06 bits per heavy atom. The van der Waals surface area contributed by atoms with Crippen LogP contribution in [0.4, 0.5) is 0 Å². The zero-order valence-electron chi connectivity index (χ0n) is 9.66. The Hall–Kier alpha value is -1.06. The minimum absolute atomic E-state index is 0.716. The second kappa shape index (κ2) is 6.03. The van der Waals surface area contributed by atoms with Crippen molar-refractivity contribution in [2.45, 2.75) is 12.8 Å². The molecule has 2 N–H and O–H groups in total. The molecular formula is C14H16BrNO. The van der Waals surface area contributed by atoms with Crippen molar-refractivity contribution in [3.63, 3.8) is 0 Å². The number of hydrogen-bond acceptors (Lipinski definition) is 2. The van der Waals surface area contributed by atoms with E-state index in [-0.39, 0.29) is 0 Å². The van der Waals surface area contributed by atoms with Crippen LogP contribution in [0.15, 0.2) is 40.9 Å². The predicted molar refractivity (Wildman–Crippen MR) is 75.4 cm³/mol. The summed E-state index contributed by atoms with van der Waals surface area (Å²) in [6, 6.07) is 12.3. The van der Waals surface area contributed by atoms with E-state index in [0.717, 1.165) is 29.6 Å². The van der Waals surface area contributed by atoms with Gasteiger partial charge in [-0.1, -0.05) is 30.3 Å². The first-order chi connectivity index (χ1) is 8.33. The molecule has 17 heavy (non-hydrogen) atoms. The molecule has 0 aliphatic rings. The summed E-state index contributed by atoms with van der Waals surface area (Å²) in [5, 5.41) is 2.40. The highest BCUT2D eigenvalue weighted by molar-refractivity contribution is 9.10. The average Bonchev–Trinajstić information content (AvgIpc) is 2.37. The van der Waals surface area contributed by atoms with Gasteiger partial charge in [0.1, 0.15) is 5.75 Å². The zero-order valence-corrected chi connectivity index (χ0v) is 11.2. The van der Waals surface area contributed by atoms with Gasteiger partial charge in [0, 0.05) is 0 Å². The fourth-order valence-electron chi connectivity index (χ4n) is 1.75. The molecule has 0 spiro atoms.